The quantitative estimate of drug-likeness (QED) is 0.554. The van der Waals surface area contributed by atoms with Crippen molar-refractivity contribution in [3.8, 4) is 11.3 Å². The van der Waals surface area contributed by atoms with Crippen molar-refractivity contribution in [2.75, 3.05) is 18.8 Å². The summed E-state index contributed by atoms with van der Waals surface area (Å²) in [6.07, 6.45) is 7.47. The number of sulfonamides is 1. The van der Waals surface area contributed by atoms with Gasteiger partial charge >= 0.3 is 0 Å². The molecule has 2 fully saturated rings. The summed E-state index contributed by atoms with van der Waals surface area (Å²) >= 11 is 5.95. The summed E-state index contributed by atoms with van der Waals surface area (Å²) in [6, 6.07) is 2.61. The third-order valence-electron chi connectivity index (χ3n) is 6.33. The maximum Gasteiger partial charge on any atom is 0.269 e. The van der Waals surface area contributed by atoms with E-state index in [1.54, 1.807) is 29.0 Å². The fraction of sp³-hybridized carbons (Fsp3) is 0.500. The number of piperidine rings is 1. The van der Waals surface area contributed by atoms with E-state index < -0.39 is 27.3 Å². The van der Waals surface area contributed by atoms with Crippen molar-refractivity contribution in [3.63, 3.8) is 0 Å². The van der Waals surface area contributed by atoms with Gasteiger partial charge in [-0.3, -0.25) is 15.0 Å². The molecule has 1 aliphatic heterocycles. The zero-order chi connectivity index (χ0) is 24.5. The Morgan fingerprint density at radius 2 is 2.00 bits per heavy atom. The fourth-order valence-corrected chi connectivity index (χ4v) is 5.77. The van der Waals surface area contributed by atoms with E-state index in [2.05, 4.69) is 10.4 Å². The van der Waals surface area contributed by atoms with E-state index in [0.717, 1.165) is 25.7 Å². The van der Waals surface area contributed by atoms with Crippen LogP contribution in [0.5, 0.6) is 0 Å². The minimum Gasteiger partial charge on any atom is -0.342 e. The van der Waals surface area contributed by atoms with Crippen LogP contribution < -0.4 is 10.3 Å². The molecule has 1 saturated carbocycles. The van der Waals surface area contributed by atoms with Crippen LogP contribution in [0.2, 0.25) is 5.02 Å². The average Bonchev–Trinajstić information content (AvgIpc) is 3.19. The molecule has 1 unspecified atom stereocenters. The Morgan fingerprint density at radius 1 is 1.24 bits per heavy atom. The highest BCUT2D eigenvalue weighted by Crippen LogP contribution is 2.30. The van der Waals surface area contributed by atoms with E-state index in [0.29, 0.717) is 30.8 Å². The molecule has 12 heteroatoms. The van der Waals surface area contributed by atoms with Crippen LogP contribution in [0.4, 0.5) is 4.39 Å². The van der Waals surface area contributed by atoms with Gasteiger partial charge in [-0.1, -0.05) is 18.0 Å². The molecule has 1 aromatic heterocycles. The van der Waals surface area contributed by atoms with Crippen molar-refractivity contribution in [1.82, 2.24) is 24.7 Å². The summed E-state index contributed by atoms with van der Waals surface area (Å²) in [5.74, 6) is -2.27. The van der Waals surface area contributed by atoms with Crippen molar-refractivity contribution < 1.29 is 22.4 Å². The minimum atomic E-state index is -3.92. The molecule has 9 nitrogen and oxygen atoms in total. The first-order valence-electron chi connectivity index (χ1n) is 11.2. The predicted molar refractivity (Wildman–Crippen MR) is 125 cm³/mol. The van der Waals surface area contributed by atoms with Crippen molar-refractivity contribution in [2.24, 2.45) is 18.9 Å². The molecule has 34 heavy (non-hydrogen) atoms. The van der Waals surface area contributed by atoms with Gasteiger partial charge in [0, 0.05) is 37.8 Å². The Hall–Kier alpha value is -2.50. The first-order valence-corrected chi connectivity index (χ1v) is 13.2. The molecule has 2 aliphatic rings. The molecule has 184 valence electrons. The number of rotatable bonds is 7. The topological polar surface area (TPSA) is 113 Å². The van der Waals surface area contributed by atoms with Gasteiger partial charge in [0.1, 0.15) is 0 Å². The summed E-state index contributed by atoms with van der Waals surface area (Å²) in [5, 5.41) is -0.283. The molecule has 2 amide bonds. The smallest absolute Gasteiger partial charge is 0.269 e. The molecular formula is C22H27ClFN5O4S. The summed E-state index contributed by atoms with van der Waals surface area (Å²) in [4.78, 5) is 33.0. The first kappa shape index (κ1) is 24.6. The zero-order valence-corrected chi connectivity index (χ0v) is 20.3. The zero-order valence-electron chi connectivity index (χ0n) is 18.8. The van der Waals surface area contributed by atoms with Crippen LogP contribution in [0, 0.1) is 17.7 Å². The number of nitrogens with zero attached hydrogens (tertiary/aromatic N) is 3. The van der Waals surface area contributed by atoms with Crippen LogP contribution >= 0.6 is 11.6 Å². The molecule has 0 spiro atoms. The highest BCUT2D eigenvalue weighted by Gasteiger charge is 2.33. The minimum absolute atomic E-state index is 0.0661. The second-order valence-electron chi connectivity index (χ2n) is 9.00. The fourth-order valence-electron chi connectivity index (χ4n) is 4.32. The van der Waals surface area contributed by atoms with Gasteiger partial charge < -0.3 is 9.47 Å². The molecule has 1 aromatic carbocycles. The number of imidazole rings is 1. The molecule has 1 aliphatic carbocycles. The van der Waals surface area contributed by atoms with Crippen LogP contribution in [0.1, 0.15) is 42.5 Å². The van der Waals surface area contributed by atoms with Crippen LogP contribution in [-0.2, 0) is 21.9 Å². The lowest BCUT2D eigenvalue weighted by Crippen LogP contribution is -2.48. The Kier molecular flexibility index (Phi) is 7.25. The van der Waals surface area contributed by atoms with Gasteiger partial charge in [-0.2, -0.15) is 0 Å². The normalized spacial score (nSPS) is 19.0. The highest BCUT2D eigenvalue weighted by molar-refractivity contribution is 7.89. The van der Waals surface area contributed by atoms with Crippen molar-refractivity contribution >= 4 is 33.4 Å². The molecule has 2 heterocycles. The van der Waals surface area contributed by atoms with Gasteiger partial charge in [-0.05, 0) is 43.7 Å². The van der Waals surface area contributed by atoms with Crippen molar-refractivity contribution in [1.29, 1.82) is 0 Å². The number of hydrogen-bond acceptors (Lipinski definition) is 5. The lowest BCUT2D eigenvalue weighted by atomic mass is 9.83. The summed E-state index contributed by atoms with van der Waals surface area (Å²) in [7, 11) is -2.16. The number of hydrazine groups is 1. The SMILES string of the molecule is Cn1cnc(-c2cc(Cl)c(F)c(C(=O)NNS(=O)(=O)CC3CCCN(C(=O)C4CCC4)C3)c2)c1. The van der Waals surface area contributed by atoms with Crippen molar-refractivity contribution in [2.45, 2.75) is 32.1 Å². The number of nitrogens with one attached hydrogen (secondary N) is 2. The van der Waals surface area contributed by atoms with Crippen LogP contribution in [0.25, 0.3) is 11.3 Å². The Labute approximate surface area is 202 Å². The second kappa shape index (κ2) is 10.0. The number of hydrogen-bond donors (Lipinski definition) is 2. The van der Waals surface area contributed by atoms with Gasteiger partial charge in [0.25, 0.3) is 5.91 Å². The van der Waals surface area contributed by atoms with Crippen molar-refractivity contribution in [3.05, 3.63) is 41.1 Å². The largest absolute Gasteiger partial charge is 0.342 e. The highest BCUT2D eigenvalue weighted by atomic mass is 35.5. The lowest BCUT2D eigenvalue weighted by Gasteiger charge is -2.37. The molecule has 4 rings (SSSR count). The van der Waals surface area contributed by atoms with Gasteiger partial charge in [0.2, 0.25) is 15.9 Å². The first-order chi connectivity index (χ1) is 16.1. The van der Waals surface area contributed by atoms with Gasteiger partial charge in [-0.15, -0.1) is 4.83 Å². The van der Waals surface area contributed by atoms with E-state index in [1.165, 1.54) is 12.1 Å². The predicted octanol–water partition coefficient (Wildman–Crippen LogP) is 2.48. The monoisotopic (exact) mass is 511 g/mol. The number of benzene rings is 1. The maximum absolute atomic E-state index is 14.5. The average molecular weight is 512 g/mol. The molecular weight excluding hydrogens is 485 g/mol. The van der Waals surface area contributed by atoms with Gasteiger partial charge in [0.05, 0.1) is 28.4 Å². The molecule has 2 N–H and O–H groups in total. The molecule has 1 atom stereocenters. The Bertz CT molecular complexity index is 1200. The third kappa shape index (κ3) is 5.59. The molecule has 0 radical (unpaired) electrons. The number of halogens is 2. The van der Waals surface area contributed by atoms with Crippen LogP contribution in [0.15, 0.2) is 24.7 Å². The number of amides is 2. The Balaban J connectivity index is 1.38. The second-order valence-corrected chi connectivity index (χ2v) is 11.2. The lowest BCUT2D eigenvalue weighted by molar-refractivity contribution is -0.139. The van der Waals surface area contributed by atoms with Gasteiger partial charge in [0.15, 0.2) is 5.82 Å². The molecule has 0 bridgehead atoms. The third-order valence-corrected chi connectivity index (χ3v) is 7.93. The molecule has 1 saturated heterocycles. The van der Waals surface area contributed by atoms with Gasteiger partial charge in [-0.25, -0.2) is 17.8 Å². The molecule has 2 aromatic rings. The summed E-state index contributed by atoms with van der Waals surface area (Å²) in [5.41, 5.74) is 2.56. The summed E-state index contributed by atoms with van der Waals surface area (Å²) in [6.45, 7) is 1.02. The van der Waals surface area contributed by atoms with E-state index in [-0.39, 0.29) is 28.5 Å². The van der Waals surface area contributed by atoms with E-state index in [4.69, 9.17) is 11.6 Å². The number of carbonyl (C=O) groups excluding carboxylic acids is 2. The van der Waals surface area contributed by atoms with Crippen LogP contribution in [0.3, 0.4) is 0 Å². The number of aryl methyl sites for hydroxylation is 1. The summed E-state index contributed by atoms with van der Waals surface area (Å²) < 4.78 is 41.4. The number of carbonyl (C=O) groups is 2. The standard InChI is InChI=1S/C22H27ClFN5O4S/c1-28-11-19(25-13-28)16-8-17(20(24)18(23)9-16)21(30)26-27-34(32,33)12-14-4-3-7-29(10-14)22(31)15-5-2-6-15/h8-9,11,13-15,27H,2-7,10,12H2,1H3,(H,26,30). The number of likely N-dealkylation sites (tertiary alicyclic amines) is 1. The van der Waals surface area contributed by atoms with Crippen LogP contribution in [-0.4, -0.2) is 53.5 Å². The van der Waals surface area contributed by atoms with E-state index in [9.17, 15) is 22.4 Å². The Morgan fingerprint density at radius 3 is 2.65 bits per heavy atom. The number of aromatic nitrogens is 2. The van der Waals surface area contributed by atoms with E-state index >= 15 is 0 Å². The maximum atomic E-state index is 14.5. The van der Waals surface area contributed by atoms with E-state index in [1.807, 2.05) is 4.83 Å².